The molecule has 0 saturated heterocycles. The number of fused-ring (bicyclic) bond motifs is 1. The van der Waals surface area contributed by atoms with Crippen LogP contribution in [0, 0.1) is 0 Å². The first-order valence-corrected chi connectivity index (χ1v) is 3.88. The molecule has 3 heteroatoms. The lowest BCUT2D eigenvalue weighted by molar-refractivity contribution is 0.150. The van der Waals surface area contributed by atoms with Crippen molar-refractivity contribution in [1.29, 1.82) is 0 Å². The van der Waals surface area contributed by atoms with Gasteiger partial charge in [-0.05, 0) is 11.1 Å². The molecule has 2 rings (SSSR count). The summed E-state index contributed by atoms with van der Waals surface area (Å²) in [7, 11) is 0. The van der Waals surface area contributed by atoms with Crippen LogP contribution in [0.5, 0.6) is 0 Å². The zero-order valence-corrected chi connectivity index (χ0v) is 6.48. The van der Waals surface area contributed by atoms with Gasteiger partial charge in [0.1, 0.15) is 0 Å². The predicted molar refractivity (Wildman–Crippen MR) is 41.9 cm³/mol. The van der Waals surface area contributed by atoms with E-state index in [4.69, 9.17) is 0 Å². The van der Waals surface area contributed by atoms with E-state index in [0.717, 1.165) is 17.7 Å². The van der Waals surface area contributed by atoms with E-state index in [2.05, 4.69) is 5.32 Å². The summed E-state index contributed by atoms with van der Waals surface area (Å²) >= 11 is 0. The smallest absolute Gasteiger partial charge is 0.264 e. The normalized spacial score (nSPS) is 15.2. The van der Waals surface area contributed by atoms with E-state index < -0.39 is 6.43 Å². The molecule has 1 aromatic carbocycles. The highest BCUT2D eigenvalue weighted by Gasteiger charge is 2.18. The number of hydrogen-bond acceptors (Lipinski definition) is 1. The molecule has 0 aliphatic carbocycles. The van der Waals surface area contributed by atoms with Crippen molar-refractivity contribution < 1.29 is 8.78 Å². The van der Waals surface area contributed by atoms with Crippen LogP contribution in [-0.4, -0.2) is 0 Å². The second kappa shape index (κ2) is 2.83. The van der Waals surface area contributed by atoms with Crippen molar-refractivity contribution in [1.82, 2.24) is 5.32 Å². The minimum absolute atomic E-state index is 0.178. The molecule has 12 heavy (non-hydrogen) atoms. The van der Waals surface area contributed by atoms with Gasteiger partial charge in [0.25, 0.3) is 6.43 Å². The van der Waals surface area contributed by atoms with E-state index in [1.807, 2.05) is 6.07 Å². The molecule has 1 nitrogen and oxygen atoms in total. The number of hydrogen-bond donors (Lipinski definition) is 1. The Balaban J connectivity index is 2.49. The topological polar surface area (TPSA) is 12.0 Å². The molecule has 0 amide bonds. The maximum atomic E-state index is 12.4. The minimum atomic E-state index is -2.35. The van der Waals surface area contributed by atoms with Gasteiger partial charge < -0.3 is 5.32 Å². The highest BCUT2D eigenvalue weighted by Crippen LogP contribution is 2.27. The van der Waals surface area contributed by atoms with E-state index in [-0.39, 0.29) is 5.56 Å². The van der Waals surface area contributed by atoms with Crippen LogP contribution in [0.2, 0.25) is 0 Å². The van der Waals surface area contributed by atoms with Crippen LogP contribution >= 0.6 is 0 Å². The molecule has 1 aliphatic rings. The van der Waals surface area contributed by atoms with Crippen LogP contribution in [0.1, 0.15) is 23.1 Å². The molecule has 0 radical (unpaired) electrons. The van der Waals surface area contributed by atoms with E-state index in [9.17, 15) is 8.78 Å². The van der Waals surface area contributed by atoms with Crippen molar-refractivity contribution in [3.05, 3.63) is 34.9 Å². The van der Waals surface area contributed by atoms with Crippen molar-refractivity contribution in [3.63, 3.8) is 0 Å². The van der Waals surface area contributed by atoms with Gasteiger partial charge >= 0.3 is 0 Å². The average molecular weight is 169 g/mol. The monoisotopic (exact) mass is 169 g/mol. The maximum absolute atomic E-state index is 12.4. The Morgan fingerprint density at radius 1 is 1.25 bits per heavy atom. The lowest BCUT2D eigenvalue weighted by Crippen LogP contribution is -2.01. The number of alkyl halides is 2. The van der Waals surface area contributed by atoms with Crippen LogP contribution in [0.25, 0.3) is 0 Å². The molecule has 1 aliphatic heterocycles. The molecule has 0 spiro atoms. The van der Waals surface area contributed by atoms with Gasteiger partial charge in [-0.25, -0.2) is 8.78 Å². The van der Waals surface area contributed by atoms with Gasteiger partial charge in [-0.2, -0.15) is 0 Å². The number of rotatable bonds is 1. The van der Waals surface area contributed by atoms with E-state index in [1.165, 1.54) is 6.07 Å². The Bertz CT molecular complexity index is 297. The highest BCUT2D eigenvalue weighted by molar-refractivity contribution is 5.38. The number of nitrogens with one attached hydrogen (secondary N) is 1. The number of halogens is 2. The van der Waals surface area contributed by atoms with Crippen LogP contribution in [-0.2, 0) is 13.1 Å². The largest absolute Gasteiger partial charge is 0.309 e. The summed E-state index contributed by atoms with van der Waals surface area (Å²) in [5.41, 5.74) is 1.97. The van der Waals surface area contributed by atoms with Gasteiger partial charge in [0.2, 0.25) is 0 Å². The van der Waals surface area contributed by atoms with Crippen LogP contribution in [0.15, 0.2) is 18.2 Å². The SMILES string of the molecule is FC(F)c1cccc2c1CNC2. The van der Waals surface area contributed by atoms with E-state index in [1.54, 1.807) is 6.07 Å². The highest BCUT2D eigenvalue weighted by atomic mass is 19.3. The van der Waals surface area contributed by atoms with Crippen molar-refractivity contribution in [2.45, 2.75) is 19.5 Å². The van der Waals surface area contributed by atoms with Gasteiger partial charge in [-0.3, -0.25) is 0 Å². The third kappa shape index (κ3) is 1.10. The van der Waals surface area contributed by atoms with Crippen molar-refractivity contribution in [2.75, 3.05) is 0 Å². The lowest BCUT2D eigenvalue weighted by Gasteiger charge is -2.05. The molecule has 64 valence electrons. The first kappa shape index (κ1) is 7.68. The van der Waals surface area contributed by atoms with Gasteiger partial charge in [0, 0.05) is 18.7 Å². The van der Waals surface area contributed by atoms with Crippen molar-refractivity contribution in [3.8, 4) is 0 Å². The molecule has 0 bridgehead atoms. The maximum Gasteiger partial charge on any atom is 0.264 e. The number of benzene rings is 1. The second-order valence-corrected chi connectivity index (χ2v) is 2.89. The summed E-state index contributed by atoms with van der Waals surface area (Å²) in [5, 5.41) is 3.05. The van der Waals surface area contributed by atoms with Crippen molar-refractivity contribution in [2.24, 2.45) is 0 Å². The van der Waals surface area contributed by atoms with Gasteiger partial charge in [-0.1, -0.05) is 18.2 Å². The van der Waals surface area contributed by atoms with E-state index >= 15 is 0 Å². The average Bonchev–Trinajstić information content (AvgIpc) is 2.49. The van der Waals surface area contributed by atoms with Crippen molar-refractivity contribution >= 4 is 0 Å². The summed E-state index contributed by atoms with van der Waals surface area (Å²) in [6.07, 6.45) is -2.35. The van der Waals surface area contributed by atoms with Gasteiger partial charge in [0.05, 0.1) is 0 Å². The zero-order valence-electron chi connectivity index (χ0n) is 6.48. The van der Waals surface area contributed by atoms with Gasteiger partial charge in [-0.15, -0.1) is 0 Å². The third-order valence-electron chi connectivity index (χ3n) is 2.16. The Morgan fingerprint density at radius 3 is 2.83 bits per heavy atom. The Kier molecular flexibility index (Phi) is 1.81. The Hall–Kier alpha value is -0.960. The molecule has 0 fully saturated rings. The summed E-state index contributed by atoms with van der Waals surface area (Å²) in [5.74, 6) is 0. The molecular formula is C9H9F2N. The molecule has 0 unspecified atom stereocenters. The van der Waals surface area contributed by atoms with E-state index in [0.29, 0.717) is 6.54 Å². The second-order valence-electron chi connectivity index (χ2n) is 2.89. The quantitative estimate of drug-likeness (QED) is 0.679. The summed E-state index contributed by atoms with van der Waals surface area (Å²) in [6, 6.07) is 5.07. The first-order chi connectivity index (χ1) is 5.79. The lowest BCUT2D eigenvalue weighted by atomic mass is 10.0. The standard InChI is InChI=1S/C9H9F2N/c10-9(11)7-3-1-2-6-4-12-5-8(6)7/h1-3,9,12H,4-5H2. The third-order valence-corrected chi connectivity index (χ3v) is 2.16. The fraction of sp³-hybridized carbons (Fsp3) is 0.333. The van der Waals surface area contributed by atoms with Crippen LogP contribution < -0.4 is 5.32 Å². The minimum Gasteiger partial charge on any atom is -0.309 e. The van der Waals surface area contributed by atoms with Crippen LogP contribution in [0.4, 0.5) is 8.78 Å². The van der Waals surface area contributed by atoms with Gasteiger partial charge in [0.15, 0.2) is 0 Å². The summed E-state index contributed by atoms with van der Waals surface area (Å²) < 4.78 is 24.8. The fourth-order valence-electron chi connectivity index (χ4n) is 1.56. The summed E-state index contributed by atoms with van der Waals surface area (Å²) in [4.78, 5) is 0. The molecule has 1 aromatic rings. The summed E-state index contributed by atoms with van der Waals surface area (Å²) in [6.45, 7) is 1.30. The molecule has 0 saturated carbocycles. The first-order valence-electron chi connectivity index (χ1n) is 3.88. The molecule has 1 N–H and O–H groups in total. The predicted octanol–water partition coefficient (Wildman–Crippen LogP) is 2.23. The Labute approximate surface area is 69.4 Å². The molecule has 1 heterocycles. The zero-order chi connectivity index (χ0) is 8.55. The molecular weight excluding hydrogens is 160 g/mol. The fourth-order valence-corrected chi connectivity index (χ4v) is 1.56. The van der Waals surface area contributed by atoms with Crippen LogP contribution in [0.3, 0.4) is 0 Å². The molecule has 0 atom stereocenters. The Morgan fingerprint density at radius 2 is 2.08 bits per heavy atom. The molecule has 0 aromatic heterocycles.